The predicted octanol–water partition coefficient (Wildman–Crippen LogP) is 0.662. The van der Waals surface area contributed by atoms with Gasteiger partial charge in [-0.2, -0.15) is 11.8 Å². The molecule has 0 radical (unpaired) electrons. The quantitative estimate of drug-likeness (QED) is 0.644. The van der Waals surface area contributed by atoms with Crippen LogP contribution in [0.1, 0.15) is 6.92 Å². The van der Waals surface area contributed by atoms with Gasteiger partial charge in [-0.25, -0.2) is 0 Å². The minimum absolute atomic E-state index is 0.290. The standard InChI is InChI=1S/C7H17NOS/c1-7(6-9)10-5-4-8(2)3/h7,9H,4-6H2,1-3H3. The molecule has 0 saturated heterocycles. The molecule has 0 rings (SSSR count). The van der Waals surface area contributed by atoms with Gasteiger partial charge in [0.25, 0.3) is 0 Å². The van der Waals surface area contributed by atoms with Gasteiger partial charge in [-0.1, -0.05) is 6.92 Å². The molecule has 0 fully saturated rings. The van der Waals surface area contributed by atoms with E-state index in [1.165, 1.54) is 0 Å². The Kier molecular flexibility index (Phi) is 6.17. The van der Waals surface area contributed by atoms with Crippen LogP contribution in [0.2, 0.25) is 0 Å². The minimum atomic E-state index is 0.290. The van der Waals surface area contributed by atoms with Crippen LogP contribution < -0.4 is 0 Å². The molecular weight excluding hydrogens is 146 g/mol. The predicted molar refractivity (Wildman–Crippen MR) is 47.6 cm³/mol. The number of rotatable bonds is 5. The molecule has 10 heavy (non-hydrogen) atoms. The Hall–Kier alpha value is 0.270. The van der Waals surface area contributed by atoms with Gasteiger partial charge in [0.15, 0.2) is 0 Å². The summed E-state index contributed by atoms with van der Waals surface area (Å²) in [6.45, 7) is 3.42. The Morgan fingerprint density at radius 2 is 2.10 bits per heavy atom. The average molecular weight is 163 g/mol. The molecule has 0 spiro atoms. The maximum Gasteiger partial charge on any atom is 0.0547 e. The van der Waals surface area contributed by atoms with Gasteiger partial charge in [-0.3, -0.25) is 0 Å². The van der Waals surface area contributed by atoms with Crippen molar-refractivity contribution in [1.82, 2.24) is 4.90 Å². The van der Waals surface area contributed by atoms with E-state index >= 15 is 0 Å². The molecule has 62 valence electrons. The molecule has 0 saturated carbocycles. The summed E-state index contributed by atoms with van der Waals surface area (Å²) in [5, 5.41) is 9.05. The molecule has 2 nitrogen and oxygen atoms in total. The lowest BCUT2D eigenvalue weighted by Gasteiger charge is -2.11. The fraction of sp³-hybridized carbons (Fsp3) is 1.00. The molecule has 0 amide bonds. The Bertz CT molecular complexity index is 78.0. The molecule has 1 N–H and O–H groups in total. The van der Waals surface area contributed by atoms with Crippen LogP contribution in [0.4, 0.5) is 0 Å². The van der Waals surface area contributed by atoms with Gasteiger partial charge < -0.3 is 10.0 Å². The summed E-state index contributed by atoms with van der Waals surface area (Å²) in [5.41, 5.74) is 0. The van der Waals surface area contributed by atoms with E-state index < -0.39 is 0 Å². The number of aliphatic hydroxyl groups excluding tert-OH is 1. The lowest BCUT2D eigenvalue weighted by atomic mass is 10.5. The van der Waals surface area contributed by atoms with E-state index in [1.54, 1.807) is 0 Å². The third kappa shape index (κ3) is 6.39. The zero-order chi connectivity index (χ0) is 7.98. The molecule has 1 unspecified atom stereocenters. The second-order valence-corrected chi connectivity index (χ2v) is 4.21. The van der Waals surface area contributed by atoms with Crippen molar-refractivity contribution in [2.24, 2.45) is 0 Å². The molecule has 0 aliphatic rings. The molecule has 0 bridgehead atoms. The van der Waals surface area contributed by atoms with Crippen LogP contribution in [-0.4, -0.2) is 48.3 Å². The monoisotopic (exact) mass is 163 g/mol. The van der Waals surface area contributed by atoms with Gasteiger partial charge in [0.1, 0.15) is 0 Å². The van der Waals surface area contributed by atoms with Gasteiger partial charge in [0, 0.05) is 17.5 Å². The SMILES string of the molecule is CC(CO)SCCN(C)C. The van der Waals surface area contributed by atoms with E-state index in [-0.39, 0.29) is 6.61 Å². The third-order valence-corrected chi connectivity index (χ3v) is 2.33. The molecule has 0 aliphatic heterocycles. The van der Waals surface area contributed by atoms with Crippen LogP contribution in [-0.2, 0) is 0 Å². The molecule has 0 heterocycles. The number of aliphatic hydroxyl groups is 1. The lowest BCUT2D eigenvalue weighted by molar-refractivity contribution is 0.300. The molecule has 1 atom stereocenters. The summed E-state index contributed by atoms with van der Waals surface area (Å²) < 4.78 is 0. The van der Waals surface area contributed by atoms with Crippen molar-refractivity contribution in [3.05, 3.63) is 0 Å². The molecular formula is C7H17NOS. The van der Waals surface area contributed by atoms with Gasteiger partial charge >= 0.3 is 0 Å². The Labute approximate surface area is 67.6 Å². The first-order chi connectivity index (χ1) is 4.66. The van der Waals surface area contributed by atoms with E-state index in [1.807, 2.05) is 18.7 Å². The second kappa shape index (κ2) is 6.01. The summed E-state index contributed by atoms with van der Waals surface area (Å²) in [7, 11) is 4.12. The summed E-state index contributed by atoms with van der Waals surface area (Å²) in [6, 6.07) is 0. The summed E-state index contributed by atoms with van der Waals surface area (Å²) >= 11 is 1.81. The van der Waals surface area contributed by atoms with E-state index in [0.717, 1.165) is 12.3 Å². The average Bonchev–Trinajstić information content (AvgIpc) is 1.87. The van der Waals surface area contributed by atoms with Gasteiger partial charge in [0.2, 0.25) is 0 Å². The highest BCUT2D eigenvalue weighted by atomic mass is 32.2. The van der Waals surface area contributed by atoms with Crippen LogP contribution in [0, 0.1) is 0 Å². The highest BCUT2D eigenvalue weighted by molar-refractivity contribution is 7.99. The van der Waals surface area contributed by atoms with Gasteiger partial charge in [-0.15, -0.1) is 0 Å². The molecule has 0 aromatic carbocycles. The van der Waals surface area contributed by atoms with Crippen molar-refractivity contribution in [1.29, 1.82) is 0 Å². The van der Waals surface area contributed by atoms with E-state index in [9.17, 15) is 0 Å². The first-order valence-electron chi connectivity index (χ1n) is 3.54. The van der Waals surface area contributed by atoms with E-state index in [4.69, 9.17) is 5.11 Å². The van der Waals surface area contributed by atoms with Gasteiger partial charge in [0.05, 0.1) is 6.61 Å². The largest absolute Gasteiger partial charge is 0.395 e. The van der Waals surface area contributed by atoms with E-state index in [2.05, 4.69) is 19.0 Å². The number of thioether (sulfide) groups is 1. The Morgan fingerprint density at radius 3 is 2.50 bits per heavy atom. The van der Waals surface area contributed by atoms with Crippen LogP contribution in [0.15, 0.2) is 0 Å². The second-order valence-electron chi connectivity index (χ2n) is 2.67. The van der Waals surface area contributed by atoms with Crippen molar-refractivity contribution in [3.63, 3.8) is 0 Å². The molecule has 0 aromatic rings. The van der Waals surface area contributed by atoms with Crippen LogP contribution in [0.3, 0.4) is 0 Å². The van der Waals surface area contributed by atoms with Crippen LogP contribution in [0.25, 0.3) is 0 Å². The van der Waals surface area contributed by atoms with Crippen molar-refractivity contribution in [2.75, 3.05) is 33.0 Å². The zero-order valence-corrected chi connectivity index (χ0v) is 7.82. The maximum atomic E-state index is 8.67. The molecule has 0 aromatic heterocycles. The Morgan fingerprint density at radius 1 is 1.50 bits per heavy atom. The number of nitrogens with zero attached hydrogens (tertiary/aromatic N) is 1. The molecule has 3 heteroatoms. The smallest absolute Gasteiger partial charge is 0.0547 e. The van der Waals surface area contributed by atoms with Crippen molar-refractivity contribution >= 4 is 11.8 Å². The van der Waals surface area contributed by atoms with Crippen LogP contribution in [0.5, 0.6) is 0 Å². The van der Waals surface area contributed by atoms with Crippen molar-refractivity contribution < 1.29 is 5.11 Å². The first-order valence-corrected chi connectivity index (χ1v) is 4.59. The summed E-state index contributed by atoms with van der Waals surface area (Å²) in [5.74, 6) is 1.11. The first kappa shape index (κ1) is 10.3. The zero-order valence-electron chi connectivity index (χ0n) is 7.00. The van der Waals surface area contributed by atoms with Gasteiger partial charge in [-0.05, 0) is 14.1 Å². The fourth-order valence-electron chi connectivity index (χ4n) is 0.489. The molecule has 0 aliphatic carbocycles. The van der Waals surface area contributed by atoms with E-state index in [0.29, 0.717) is 5.25 Å². The number of hydrogen-bond acceptors (Lipinski definition) is 3. The van der Waals surface area contributed by atoms with Crippen molar-refractivity contribution in [3.8, 4) is 0 Å². The lowest BCUT2D eigenvalue weighted by Crippen LogP contribution is -2.16. The topological polar surface area (TPSA) is 23.5 Å². The number of hydrogen-bond donors (Lipinski definition) is 1. The highest BCUT2D eigenvalue weighted by Gasteiger charge is 1.98. The van der Waals surface area contributed by atoms with Crippen LogP contribution >= 0.6 is 11.8 Å². The fourth-order valence-corrected chi connectivity index (χ4v) is 1.47. The Balaban J connectivity index is 3.03. The third-order valence-electron chi connectivity index (χ3n) is 1.20. The minimum Gasteiger partial charge on any atom is -0.395 e. The summed E-state index contributed by atoms with van der Waals surface area (Å²) in [6.07, 6.45) is 0. The maximum absolute atomic E-state index is 8.67. The normalized spacial score (nSPS) is 14.1. The highest BCUT2D eigenvalue weighted by Crippen LogP contribution is 2.08. The van der Waals surface area contributed by atoms with Crippen molar-refractivity contribution in [2.45, 2.75) is 12.2 Å². The summed E-state index contributed by atoms with van der Waals surface area (Å²) in [4.78, 5) is 2.15.